The average Bonchev–Trinajstić information content (AvgIpc) is 2.93. The molecule has 0 bridgehead atoms. The number of rotatable bonds is 4. The molecule has 0 spiro atoms. The molecule has 2 aromatic rings. The zero-order valence-electron chi connectivity index (χ0n) is 14.5. The summed E-state index contributed by atoms with van der Waals surface area (Å²) in [4.78, 5) is 7.00. The molecule has 7 heteroatoms. The zero-order valence-corrected chi connectivity index (χ0v) is 16.8. The lowest BCUT2D eigenvalue weighted by Gasteiger charge is -2.24. The second-order valence-electron chi connectivity index (χ2n) is 6.30. The van der Waals surface area contributed by atoms with Gasteiger partial charge in [-0.2, -0.15) is 0 Å². The highest BCUT2D eigenvalue weighted by atomic mass is 35.5. The van der Waals surface area contributed by atoms with Crippen LogP contribution in [0.15, 0.2) is 36.5 Å². The summed E-state index contributed by atoms with van der Waals surface area (Å²) >= 11 is 17.6. The van der Waals surface area contributed by atoms with Crippen molar-refractivity contribution in [1.29, 1.82) is 0 Å². The topological polar surface area (TPSA) is 40.2 Å². The molecular weight excluding hydrogens is 387 g/mol. The number of benzene rings is 1. The van der Waals surface area contributed by atoms with Crippen molar-refractivity contribution < 1.29 is 0 Å². The van der Waals surface area contributed by atoms with Gasteiger partial charge in [0.1, 0.15) is 5.82 Å². The maximum absolute atomic E-state index is 6.20. The third kappa shape index (κ3) is 5.00. The van der Waals surface area contributed by atoms with E-state index in [0.29, 0.717) is 27.4 Å². The van der Waals surface area contributed by atoms with Crippen LogP contribution in [0.3, 0.4) is 0 Å². The Bertz CT molecular complexity index is 761. The molecule has 26 heavy (non-hydrogen) atoms. The molecule has 0 atom stereocenters. The SMILES string of the molecule is S=C(NCc1cccnc1N1CCCCCC1)Nc1cccc(Cl)c1Cl. The fourth-order valence-corrected chi connectivity index (χ4v) is 3.61. The van der Waals surface area contributed by atoms with E-state index in [2.05, 4.69) is 26.6 Å². The van der Waals surface area contributed by atoms with Gasteiger partial charge >= 0.3 is 0 Å². The Hall–Kier alpha value is -1.56. The highest BCUT2D eigenvalue weighted by Crippen LogP contribution is 2.29. The molecule has 3 rings (SSSR count). The number of halogens is 2. The number of anilines is 2. The molecule has 1 saturated heterocycles. The molecule has 1 aromatic carbocycles. The molecule has 2 N–H and O–H groups in total. The summed E-state index contributed by atoms with van der Waals surface area (Å²) in [5.41, 5.74) is 1.83. The highest BCUT2D eigenvalue weighted by molar-refractivity contribution is 7.80. The summed E-state index contributed by atoms with van der Waals surface area (Å²) in [6.45, 7) is 2.72. The maximum atomic E-state index is 6.20. The van der Waals surface area contributed by atoms with Crippen molar-refractivity contribution in [2.75, 3.05) is 23.3 Å². The van der Waals surface area contributed by atoms with Crippen molar-refractivity contribution in [3.05, 3.63) is 52.1 Å². The van der Waals surface area contributed by atoms with Gasteiger partial charge in [-0.1, -0.05) is 48.2 Å². The largest absolute Gasteiger partial charge is 0.358 e. The molecule has 1 aromatic heterocycles. The molecule has 2 heterocycles. The van der Waals surface area contributed by atoms with Gasteiger partial charge in [0.05, 0.1) is 15.7 Å². The van der Waals surface area contributed by atoms with Crippen molar-refractivity contribution >= 4 is 52.0 Å². The molecule has 138 valence electrons. The Balaban J connectivity index is 1.64. The zero-order chi connectivity index (χ0) is 18.4. The number of hydrogen-bond acceptors (Lipinski definition) is 3. The third-order valence-corrected chi connectivity index (χ3v) is 5.48. The number of hydrogen-bond donors (Lipinski definition) is 2. The Labute approximate surface area is 169 Å². The summed E-state index contributed by atoms with van der Waals surface area (Å²) in [6.07, 6.45) is 6.88. The first-order chi connectivity index (χ1) is 12.6. The van der Waals surface area contributed by atoms with Gasteiger partial charge in [-0.15, -0.1) is 0 Å². The van der Waals surface area contributed by atoms with E-state index in [-0.39, 0.29) is 0 Å². The lowest BCUT2D eigenvalue weighted by atomic mass is 10.2. The van der Waals surface area contributed by atoms with E-state index >= 15 is 0 Å². The van der Waals surface area contributed by atoms with Gasteiger partial charge in [0.2, 0.25) is 0 Å². The van der Waals surface area contributed by atoms with E-state index in [1.165, 1.54) is 25.7 Å². The van der Waals surface area contributed by atoms with E-state index < -0.39 is 0 Å². The Morgan fingerprint density at radius 3 is 2.62 bits per heavy atom. The molecular formula is C19H22Cl2N4S. The lowest BCUT2D eigenvalue weighted by Crippen LogP contribution is -2.30. The van der Waals surface area contributed by atoms with Crippen LogP contribution in [-0.2, 0) is 6.54 Å². The van der Waals surface area contributed by atoms with Crippen LogP contribution in [0.25, 0.3) is 0 Å². The highest BCUT2D eigenvalue weighted by Gasteiger charge is 2.15. The monoisotopic (exact) mass is 408 g/mol. The van der Waals surface area contributed by atoms with Gasteiger partial charge in [0, 0.05) is 31.4 Å². The minimum Gasteiger partial charge on any atom is -0.358 e. The maximum Gasteiger partial charge on any atom is 0.171 e. The number of pyridine rings is 1. The molecule has 0 radical (unpaired) electrons. The first-order valence-electron chi connectivity index (χ1n) is 8.83. The molecule has 0 aliphatic carbocycles. The molecule has 1 aliphatic rings. The molecule has 1 fully saturated rings. The van der Waals surface area contributed by atoms with Crippen LogP contribution in [0.4, 0.5) is 11.5 Å². The van der Waals surface area contributed by atoms with Gasteiger partial charge in [-0.25, -0.2) is 4.98 Å². The predicted octanol–water partition coefficient (Wildman–Crippen LogP) is 5.26. The van der Waals surface area contributed by atoms with E-state index in [1.54, 1.807) is 6.07 Å². The van der Waals surface area contributed by atoms with Gasteiger partial charge in [-0.05, 0) is 43.3 Å². The first kappa shape index (κ1) is 19.2. The van der Waals surface area contributed by atoms with Crippen LogP contribution < -0.4 is 15.5 Å². The van der Waals surface area contributed by atoms with Crippen molar-refractivity contribution in [1.82, 2.24) is 10.3 Å². The number of nitrogens with zero attached hydrogens (tertiary/aromatic N) is 2. The van der Waals surface area contributed by atoms with Crippen LogP contribution in [0.1, 0.15) is 31.2 Å². The fraction of sp³-hybridized carbons (Fsp3) is 0.368. The molecule has 0 unspecified atom stereocenters. The van der Waals surface area contributed by atoms with E-state index in [4.69, 9.17) is 35.4 Å². The van der Waals surface area contributed by atoms with Gasteiger partial charge in [-0.3, -0.25) is 0 Å². The van der Waals surface area contributed by atoms with Crippen LogP contribution in [-0.4, -0.2) is 23.2 Å². The van der Waals surface area contributed by atoms with Crippen molar-refractivity contribution in [3.8, 4) is 0 Å². The summed E-state index contributed by atoms with van der Waals surface area (Å²) in [5.74, 6) is 1.05. The molecule has 4 nitrogen and oxygen atoms in total. The minimum atomic E-state index is 0.463. The molecule has 1 aliphatic heterocycles. The second kappa shape index (κ2) is 9.40. The fourth-order valence-electron chi connectivity index (χ4n) is 3.08. The summed E-state index contributed by atoms with van der Waals surface area (Å²) < 4.78 is 0. The smallest absolute Gasteiger partial charge is 0.171 e. The van der Waals surface area contributed by atoms with Crippen molar-refractivity contribution in [2.45, 2.75) is 32.2 Å². The van der Waals surface area contributed by atoms with Crippen molar-refractivity contribution in [2.24, 2.45) is 0 Å². The van der Waals surface area contributed by atoms with E-state index in [1.807, 2.05) is 24.4 Å². The van der Waals surface area contributed by atoms with Gasteiger partial charge in [0.25, 0.3) is 0 Å². The molecule has 0 amide bonds. The normalized spacial score (nSPS) is 14.6. The van der Waals surface area contributed by atoms with E-state index in [9.17, 15) is 0 Å². The van der Waals surface area contributed by atoms with Crippen LogP contribution >= 0.6 is 35.4 Å². The van der Waals surface area contributed by atoms with E-state index in [0.717, 1.165) is 24.5 Å². The predicted molar refractivity (Wildman–Crippen MR) is 114 cm³/mol. The van der Waals surface area contributed by atoms with Gasteiger partial charge in [0.15, 0.2) is 5.11 Å². The standard InChI is InChI=1S/C19H22Cl2N4S/c20-15-8-5-9-16(17(15)21)24-19(26)23-13-14-7-6-10-22-18(14)25-11-3-1-2-4-12-25/h5-10H,1-4,11-13H2,(H2,23,24,26). The Morgan fingerprint density at radius 2 is 1.85 bits per heavy atom. The summed E-state index contributed by atoms with van der Waals surface area (Å²) in [7, 11) is 0. The average molecular weight is 409 g/mol. The quantitative estimate of drug-likeness (QED) is 0.675. The van der Waals surface area contributed by atoms with Gasteiger partial charge < -0.3 is 15.5 Å². The number of nitrogens with one attached hydrogen (secondary N) is 2. The number of aromatic nitrogens is 1. The van der Waals surface area contributed by atoms with Crippen molar-refractivity contribution in [3.63, 3.8) is 0 Å². The lowest BCUT2D eigenvalue weighted by molar-refractivity contribution is 0.726. The second-order valence-corrected chi connectivity index (χ2v) is 7.49. The molecule has 0 saturated carbocycles. The summed E-state index contributed by atoms with van der Waals surface area (Å²) in [5, 5.41) is 7.80. The van der Waals surface area contributed by atoms with Crippen LogP contribution in [0, 0.1) is 0 Å². The summed E-state index contributed by atoms with van der Waals surface area (Å²) in [6, 6.07) is 9.47. The van der Waals surface area contributed by atoms with Crippen LogP contribution in [0.5, 0.6) is 0 Å². The Kier molecular flexibility index (Phi) is 6.94. The first-order valence-corrected chi connectivity index (χ1v) is 9.99. The number of thiocarbonyl (C=S) groups is 1. The minimum absolute atomic E-state index is 0.463. The third-order valence-electron chi connectivity index (χ3n) is 4.41. The van der Waals surface area contributed by atoms with Crippen LogP contribution in [0.2, 0.25) is 10.0 Å². The Morgan fingerprint density at radius 1 is 1.08 bits per heavy atom.